The fourth-order valence-corrected chi connectivity index (χ4v) is 3.46. The number of carbonyl (C=O) groups is 2. The van der Waals surface area contributed by atoms with Gasteiger partial charge in [-0.2, -0.15) is 0 Å². The van der Waals surface area contributed by atoms with Gasteiger partial charge in [0.25, 0.3) is 11.6 Å². The minimum Gasteiger partial charge on any atom is -0.452 e. The first-order chi connectivity index (χ1) is 14.5. The number of amides is 1. The number of benzene rings is 2. The molecule has 158 valence electrons. The Bertz CT molecular complexity index is 910. The van der Waals surface area contributed by atoms with Crippen LogP contribution in [0.1, 0.15) is 41.6 Å². The van der Waals surface area contributed by atoms with Gasteiger partial charge in [-0.1, -0.05) is 37.3 Å². The normalized spacial score (nSPS) is 14.2. The van der Waals surface area contributed by atoms with E-state index in [0.717, 1.165) is 31.5 Å². The Morgan fingerprint density at radius 1 is 1.17 bits per heavy atom. The molecule has 0 bridgehead atoms. The van der Waals surface area contributed by atoms with Crippen molar-refractivity contribution in [2.24, 2.45) is 0 Å². The molecule has 0 saturated carbocycles. The van der Waals surface area contributed by atoms with Crippen LogP contribution in [0.25, 0.3) is 0 Å². The molecule has 2 aromatic carbocycles. The third-order valence-corrected chi connectivity index (χ3v) is 5.17. The highest BCUT2D eigenvalue weighted by molar-refractivity contribution is 5.97. The SMILES string of the molecule is C[C@H](CNC(=O)COC(=O)c1cc([N+](=O)[O-])ccc1N1CCCC1)c1ccccc1. The molecule has 1 saturated heterocycles. The van der Waals surface area contributed by atoms with Gasteiger partial charge in [-0.25, -0.2) is 4.79 Å². The Morgan fingerprint density at radius 2 is 1.87 bits per heavy atom. The fraction of sp³-hybridized carbons (Fsp3) is 0.364. The summed E-state index contributed by atoms with van der Waals surface area (Å²) in [7, 11) is 0. The Morgan fingerprint density at radius 3 is 2.53 bits per heavy atom. The molecule has 1 heterocycles. The molecule has 1 atom stereocenters. The molecule has 30 heavy (non-hydrogen) atoms. The van der Waals surface area contributed by atoms with Gasteiger partial charge in [0.15, 0.2) is 6.61 Å². The number of carbonyl (C=O) groups excluding carboxylic acids is 2. The first-order valence-corrected chi connectivity index (χ1v) is 9.98. The lowest BCUT2D eigenvalue weighted by Gasteiger charge is -2.20. The van der Waals surface area contributed by atoms with Gasteiger partial charge < -0.3 is 15.0 Å². The van der Waals surface area contributed by atoms with Gasteiger partial charge in [0.1, 0.15) is 0 Å². The van der Waals surface area contributed by atoms with E-state index >= 15 is 0 Å². The van der Waals surface area contributed by atoms with Crippen LogP contribution in [0, 0.1) is 10.1 Å². The van der Waals surface area contributed by atoms with Crippen LogP contribution in [0.4, 0.5) is 11.4 Å². The second-order valence-corrected chi connectivity index (χ2v) is 7.34. The summed E-state index contributed by atoms with van der Waals surface area (Å²) >= 11 is 0. The van der Waals surface area contributed by atoms with Crippen molar-refractivity contribution in [1.29, 1.82) is 0 Å². The highest BCUT2D eigenvalue weighted by atomic mass is 16.6. The minimum absolute atomic E-state index is 0.108. The number of nitro benzene ring substituents is 1. The van der Waals surface area contributed by atoms with Crippen LogP contribution in [0.3, 0.4) is 0 Å². The summed E-state index contributed by atoms with van der Waals surface area (Å²) < 4.78 is 5.16. The van der Waals surface area contributed by atoms with Crippen molar-refractivity contribution in [2.75, 3.05) is 31.1 Å². The van der Waals surface area contributed by atoms with Crippen LogP contribution >= 0.6 is 0 Å². The maximum atomic E-state index is 12.6. The molecule has 3 rings (SSSR count). The summed E-state index contributed by atoms with van der Waals surface area (Å²) in [4.78, 5) is 37.3. The largest absolute Gasteiger partial charge is 0.452 e. The number of nitrogens with one attached hydrogen (secondary N) is 1. The Labute approximate surface area is 175 Å². The number of ether oxygens (including phenoxy) is 1. The van der Waals surface area contributed by atoms with E-state index in [1.807, 2.05) is 42.2 Å². The molecule has 8 nitrogen and oxygen atoms in total. The standard InChI is InChI=1S/C22H25N3O5/c1-16(17-7-3-2-4-8-17)14-23-21(26)15-30-22(27)19-13-18(25(28)29)9-10-20(19)24-11-5-6-12-24/h2-4,7-10,13,16H,5-6,11-12,14-15H2,1H3,(H,23,26)/t16-/m1/s1. The van der Waals surface area contributed by atoms with Crippen LogP contribution in [-0.2, 0) is 9.53 Å². The molecule has 2 aromatic rings. The predicted molar refractivity (Wildman–Crippen MR) is 113 cm³/mol. The van der Waals surface area contributed by atoms with Crippen molar-refractivity contribution in [2.45, 2.75) is 25.7 Å². The molecule has 1 aliphatic heterocycles. The topological polar surface area (TPSA) is 102 Å². The maximum Gasteiger partial charge on any atom is 0.341 e. The van der Waals surface area contributed by atoms with Gasteiger partial charge in [-0.05, 0) is 30.4 Å². The second-order valence-electron chi connectivity index (χ2n) is 7.34. The number of rotatable bonds is 8. The van der Waals surface area contributed by atoms with Gasteiger partial charge in [-0.3, -0.25) is 14.9 Å². The van der Waals surface area contributed by atoms with Crippen molar-refractivity contribution < 1.29 is 19.2 Å². The smallest absolute Gasteiger partial charge is 0.341 e. The zero-order valence-corrected chi connectivity index (χ0v) is 16.9. The summed E-state index contributed by atoms with van der Waals surface area (Å²) in [5, 5.41) is 13.9. The van der Waals surface area contributed by atoms with E-state index in [1.54, 1.807) is 6.07 Å². The maximum absolute atomic E-state index is 12.6. The van der Waals surface area contributed by atoms with Crippen molar-refractivity contribution in [3.05, 3.63) is 69.8 Å². The zero-order chi connectivity index (χ0) is 21.5. The van der Waals surface area contributed by atoms with Crippen LogP contribution in [-0.4, -0.2) is 43.0 Å². The average molecular weight is 411 g/mol. The number of hydrogen-bond donors (Lipinski definition) is 1. The van der Waals surface area contributed by atoms with Gasteiger partial charge in [-0.15, -0.1) is 0 Å². The lowest BCUT2D eigenvalue weighted by Crippen LogP contribution is -2.32. The molecule has 0 aliphatic carbocycles. The molecule has 0 aromatic heterocycles. The molecule has 0 unspecified atom stereocenters. The fourth-order valence-electron chi connectivity index (χ4n) is 3.46. The number of non-ortho nitro benzene ring substituents is 1. The molecule has 0 spiro atoms. The van der Waals surface area contributed by atoms with Gasteiger partial charge >= 0.3 is 5.97 Å². The van der Waals surface area contributed by atoms with E-state index in [2.05, 4.69) is 5.32 Å². The van der Waals surface area contributed by atoms with Crippen molar-refractivity contribution in [3.63, 3.8) is 0 Å². The monoisotopic (exact) mass is 411 g/mol. The third-order valence-electron chi connectivity index (χ3n) is 5.17. The summed E-state index contributed by atoms with van der Waals surface area (Å²) in [6, 6.07) is 13.9. The first-order valence-electron chi connectivity index (χ1n) is 9.98. The van der Waals surface area contributed by atoms with Crippen molar-refractivity contribution >= 4 is 23.3 Å². The predicted octanol–water partition coefficient (Wildman–Crippen LogP) is 3.27. The van der Waals surface area contributed by atoms with Crippen LogP contribution in [0.2, 0.25) is 0 Å². The lowest BCUT2D eigenvalue weighted by molar-refractivity contribution is -0.384. The number of esters is 1. The third kappa shape index (κ3) is 5.34. The summed E-state index contributed by atoms with van der Waals surface area (Å²) in [5.41, 5.74) is 1.62. The van der Waals surface area contributed by atoms with E-state index in [0.29, 0.717) is 12.2 Å². The zero-order valence-electron chi connectivity index (χ0n) is 16.9. The van der Waals surface area contributed by atoms with E-state index in [4.69, 9.17) is 4.74 Å². The van der Waals surface area contributed by atoms with Gasteiger partial charge in [0.05, 0.1) is 16.2 Å². The first kappa shape index (κ1) is 21.3. The molecule has 1 N–H and O–H groups in total. The quantitative estimate of drug-likeness (QED) is 0.406. The summed E-state index contributed by atoms with van der Waals surface area (Å²) in [6.07, 6.45) is 1.99. The summed E-state index contributed by atoms with van der Waals surface area (Å²) in [5.74, 6) is -1.05. The lowest BCUT2D eigenvalue weighted by atomic mass is 10.0. The van der Waals surface area contributed by atoms with Gasteiger partial charge in [0.2, 0.25) is 0 Å². The molecule has 1 fully saturated rings. The van der Waals surface area contributed by atoms with E-state index < -0.39 is 23.4 Å². The Hall–Kier alpha value is -3.42. The Balaban J connectivity index is 1.60. The molecule has 0 radical (unpaired) electrons. The van der Waals surface area contributed by atoms with Crippen LogP contribution in [0.15, 0.2) is 48.5 Å². The van der Waals surface area contributed by atoms with E-state index in [1.165, 1.54) is 12.1 Å². The number of hydrogen-bond acceptors (Lipinski definition) is 6. The second kappa shape index (κ2) is 9.87. The molecular formula is C22H25N3O5. The average Bonchev–Trinajstić information content (AvgIpc) is 3.30. The minimum atomic E-state index is -0.744. The number of nitrogens with zero attached hydrogens (tertiary/aromatic N) is 2. The number of anilines is 1. The molecule has 1 aliphatic rings. The van der Waals surface area contributed by atoms with Crippen LogP contribution < -0.4 is 10.2 Å². The number of nitro groups is 1. The molecule has 8 heteroatoms. The van der Waals surface area contributed by atoms with Crippen molar-refractivity contribution in [3.8, 4) is 0 Å². The van der Waals surface area contributed by atoms with E-state index in [-0.39, 0.29) is 17.2 Å². The molecular weight excluding hydrogens is 386 g/mol. The highest BCUT2D eigenvalue weighted by Gasteiger charge is 2.24. The Kier molecular flexibility index (Phi) is 7.00. The van der Waals surface area contributed by atoms with Crippen LogP contribution in [0.5, 0.6) is 0 Å². The van der Waals surface area contributed by atoms with Crippen molar-refractivity contribution in [1.82, 2.24) is 5.32 Å². The summed E-state index contributed by atoms with van der Waals surface area (Å²) in [6.45, 7) is 3.51. The van der Waals surface area contributed by atoms with Gasteiger partial charge in [0, 0.05) is 31.8 Å². The van der Waals surface area contributed by atoms with E-state index in [9.17, 15) is 19.7 Å². The molecule has 1 amide bonds. The highest BCUT2D eigenvalue weighted by Crippen LogP contribution is 2.29.